The van der Waals surface area contributed by atoms with Gasteiger partial charge in [0.05, 0.1) is 6.04 Å². The topological polar surface area (TPSA) is 44.4 Å². The van der Waals surface area contributed by atoms with Crippen molar-refractivity contribution in [3.63, 3.8) is 0 Å². The van der Waals surface area contributed by atoms with Gasteiger partial charge in [0.1, 0.15) is 0 Å². The van der Waals surface area contributed by atoms with Crippen LogP contribution in [-0.2, 0) is 11.3 Å². The molecular weight excluding hydrogens is 360 g/mol. The minimum atomic E-state index is -2.42. The fourth-order valence-corrected chi connectivity index (χ4v) is 3.82. The Hall–Kier alpha value is -1.24. The van der Waals surface area contributed by atoms with E-state index < -0.39 is 6.43 Å². The van der Waals surface area contributed by atoms with E-state index in [0.717, 1.165) is 50.9 Å². The van der Waals surface area contributed by atoms with Crippen molar-refractivity contribution >= 4 is 18.3 Å². The van der Waals surface area contributed by atoms with Gasteiger partial charge in [0.15, 0.2) is 0 Å². The number of nitrogens with one attached hydrogen (secondary N) is 2. The first-order valence-corrected chi connectivity index (χ1v) is 9.22. The SMILES string of the molecule is Cl.O=C(NCC1CCCN(Cc2cccc(C(F)F)c2)C1)C1CCCN1. The van der Waals surface area contributed by atoms with Crippen LogP contribution >= 0.6 is 12.4 Å². The maximum absolute atomic E-state index is 12.8. The molecule has 2 aliphatic rings. The molecule has 2 aliphatic heterocycles. The molecule has 0 radical (unpaired) electrons. The maximum Gasteiger partial charge on any atom is 0.263 e. The van der Waals surface area contributed by atoms with Gasteiger partial charge in [-0.1, -0.05) is 18.2 Å². The molecule has 0 aromatic heterocycles. The molecule has 2 atom stereocenters. The third-order valence-electron chi connectivity index (χ3n) is 5.15. The van der Waals surface area contributed by atoms with E-state index in [0.29, 0.717) is 19.0 Å². The molecular formula is C19H28ClF2N3O. The molecule has 146 valence electrons. The summed E-state index contributed by atoms with van der Waals surface area (Å²) in [5.41, 5.74) is 1.01. The molecule has 1 aromatic carbocycles. The molecule has 4 nitrogen and oxygen atoms in total. The largest absolute Gasteiger partial charge is 0.354 e. The Bertz CT molecular complexity index is 582. The van der Waals surface area contributed by atoms with Gasteiger partial charge >= 0.3 is 0 Å². The van der Waals surface area contributed by atoms with E-state index in [-0.39, 0.29) is 29.9 Å². The van der Waals surface area contributed by atoms with Gasteiger partial charge in [-0.15, -0.1) is 12.4 Å². The normalized spacial score (nSPS) is 23.7. The highest BCUT2D eigenvalue weighted by atomic mass is 35.5. The minimum Gasteiger partial charge on any atom is -0.354 e. The molecule has 1 amide bonds. The smallest absolute Gasteiger partial charge is 0.263 e. The van der Waals surface area contributed by atoms with Crippen molar-refractivity contribution in [1.29, 1.82) is 0 Å². The number of piperidine rings is 1. The number of carbonyl (C=O) groups excluding carboxylic acids is 1. The van der Waals surface area contributed by atoms with Gasteiger partial charge in [-0.3, -0.25) is 9.69 Å². The molecule has 2 fully saturated rings. The van der Waals surface area contributed by atoms with Crippen LogP contribution in [0.3, 0.4) is 0 Å². The van der Waals surface area contributed by atoms with Crippen LogP contribution in [0, 0.1) is 5.92 Å². The number of likely N-dealkylation sites (tertiary alicyclic amines) is 1. The maximum atomic E-state index is 12.8. The monoisotopic (exact) mass is 387 g/mol. The average molecular weight is 388 g/mol. The van der Waals surface area contributed by atoms with E-state index >= 15 is 0 Å². The van der Waals surface area contributed by atoms with Crippen molar-refractivity contribution in [2.45, 2.75) is 44.7 Å². The van der Waals surface area contributed by atoms with Gasteiger partial charge in [-0.2, -0.15) is 0 Å². The molecule has 1 aromatic rings. The fourth-order valence-electron chi connectivity index (χ4n) is 3.82. The number of amides is 1. The van der Waals surface area contributed by atoms with Crippen LogP contribution in [0.15, 0.2) is 24.3 Å². The lowest BCUT2D eigenvalue weighted by molar-refractivity contribution is -0.123. The molecule has 0 bridgehead atoms. The quantitative estimate of drug-likeness (QED) is 0.788. The second-order valence-corrected chi connectivity index (χ2v) is 7.18. The van der Waals surface area contributed by atoms with Gasteiger partial charge in [0.2, 0.25) is 5.91 Å². The first kappa shape index (κ1) is 21.1. The van der Waals surface area contributed by atoms with E-state index in [1.54, 1.807) is 12.1 Å². The van der Waals surface area contributed by atoms with Crippen molar-refractivity contribution in [1.82, 2.24) is 15.5 Å². The van der Waals surface area contributed by atoms with Crippen molar-refractivity contribution in [2.75, 3.05) is 26.2 Å². The van der Waals surface area contributed by atoms with Crippen LogP contribution in [0.5, 0.6) is 0 Å². The fraction of sp³-hybridized carbons (Fsp3) is 0.632. The third-order valence-corrected chi connectivity index (χ3v) is 5.15. The van der Waals surface area contributed by atoms with E-state index in [1.807, 2.05) is 6.07 Å². The molecule has 26 heavy (non-hydrogen) atoms. The second kappa shape index (κ2) is 10.2. The van der Waals surface area contributed by atoms with E-state index in [9.17, 15) is 13.6 Å². The predicted molar refractivity (Wildman–Crippen MR) is 101 cm³/mol. The summed E-state index contributed by atoms with van der Waals surface area (Å²) in [6, 6.07) is 6.65. The average Bonchev–Trinajstić information content (AvgIpc) is 3.15. The van der Waals surface area contributed by atoms with Crippen molar-refractivity contribution < 1.29 is 13.6 Å². The Morgan fingerprint density at radius 2 is 2.15 bits per heavy atom. The van der Waals surface area contributed by atoms with E-state index in [1.165, 1.54) is 6.07 Å². The molecule has 2 unspecified atom stereocenters. The Balaban J connectivity index is 0.00000243. The highest BCUT2D eigenvalue weighted by Gasteiger charge is 2.24. The van der Waals surface area contributed by atoms with Gasteiger partial charge in [-0.05, 0) is 56.3 Å². The lowest BCUT2D eigenvalue weighted by Crippen LogP contribution is -2.45. The number of benzene rings is 1. The standard InChI is InChI=1S/C19H27F2N3O.ClH/c20-18(21)16-6-1-4-14(10-16)12-24-9-3-5-15(13-24)11-23-19(25)17-7-2-8-22-17;/h1,4,6,10,15,17-18,22H,2-3,5,7-9,11-13H2,(H,23,25);1H. The van der Waals surface area contributed by atoms with Gasteiger partial charge in [0.25, 0.3) is 6.43 Å². The highest BCUT2D eigenvalue weighted by Crippen LogP contribution is 2.22. The van der Waals surface area contributed by atoms with Gasteiger partial charge in [-0.25, -0.2) is 8.78 Å². The second-order valence-electron chi connectivity index (χ2n) is 7.18. The summed E-state index contributed by atoms with van der Waals surface area (Å²) < 4.78 is 25.7. The van der Waals surface area contributed by atoms with Gasteiger partial charge < -0.3 is 10.6 Å². The summed E-state index contributed by atoms with van der Waals surface area (Å²) in [7, 11) is 0. The molecule has 2 heterocycles. The molecule has 0 aliphatic carbocycles. The minimum absolute atomic E-state index is 0. The van der Waals surface area contributed by atoms with Crippen molar-refractivity contribution in [3.8, 4) is 0 Å². The summed E-state index contributed by atoms with van der Waals surface area (Å²) in [5, 5.41) is 6.29. The molecule has 2 saturated heterocycles. The van der Waals surface area contributed by atoms with Crippen molar-refractivity contribution in [2.24, 2.45) is 5.92 Å². The van der Waals surface area contributed by atoms with Gasteiger partial charge in [0, 0.05) is 25.2 Å². The number of hydrogen-bond donors (Lipinski definition) is 2. The van der Waals surface area contributed by atoms with E-state index in [2.05, 4.69) is 15.5 Å². The highest BCUT2D eigenvalue weighted by molar-refractivity contribution is 5.85. The van der Waals surface area contributed by atoms with Crippen molar-refractivity contribution in [3.05, 3.63) is 35.4 Å². The molecule has 0 saturated carbocycles. The Kier molecular flexibility index (Phi) is 8.25. The Labute approximate surface area is 160 Å². The molecule has 7 heteroatoms. The third kappa shape index (κ3) is 5.89. The lowest BCUT2D eigenvalue weighted by Gasteiger charge is -2.33. The number of nitrogens with zero attached hydrogens (tertiary/aromatic N) is 1. The van der Waals surface area contributed by atoms with E-state index in [4.69, 9.17) is 0 Å². The molecule has 0 spiro atoms. The van der Waals surface area contributed by atoms with Crippen LogP contribution < -0.4 is 10.6 Å². The molecule has 3 rings (SSSR count). The summed E-state index contributed by atoms with van der Waals surface area (Å²) in [4.78, 5) is 14.4. The first-order chi connectivity index (χ1) is 12.1. The summed E-state index contributed by atoms with van der Waals surface area (Å²) in [6.45, 7) is 4.19. The number of alkyl halides is 2. The van der Waals surface area contributed by atoms with Crippen LogP contribution in [-0.4, -0.2) is 43.0 Å². The van der Waals surface area contributed by atoms with Crippen LogP contribution in [0.2, 0.25) is 0 Å². The summed E-state index contributed by atoms with van der Waals surface area (Å²) in [5.74, 6) is 0.539. The Morgan fingerprint density at radius 1 is 1.31 bits per heavy atom. The summed E-state index contributed by atoms with van der Waals surface area (Å²) >= 11 is 0. The number of hydrogen-bond acceptors (Lipinski definition) is 3. The number of halogens is 3. The summed E-state index contributed by atoms with van der Waals surface area (Å²) in [6.07, 6.45) is 1.74. The van der Waals surface area contributed by atoms with Crippen LogP contribution in [0.4, 0.5) is 8.78 Å². The molecule has 2 N–H and O–H groups in total. The number of rotatable bonds is 6. The number of carbonyl (C=O) groups is 1. The van der Waals surface area contributed by atoms with Crippen LogP contribution in [0.1, 0.15) is 43.2 Å². The Morgan fingerprint density at radius 3 is 2.88 bits per heavy atom. The first-order valence-electron chi connectivity index (χ1n) is 9.22. The zero-order valence-electron chi connectivity index (χ0n) is 14.9. The zero-order chi connectivity index (χ0) is 17.6. The zero-order valence-corrected chi connectivity index (χ0v) is 15.7. The lowest BCUT2D eigenvalue weighted by atomic mass is 9.97. The van der Waals surface area contributed by atoms with Crippen LogP contribution in [0.25, 0.3) is 0 Å². The predicted octanol–water partition coefficient (Wildman–Crippen LogP) is 3.13.